The molecule has 0 aromatic heterocycles. The van der Waals surface area contributed by atoms with E-state index in [1.807, 2.05) is 4.90 Å². The summed E-state index contributed by atoms with van der Waals surface area (Å²) in [4.78, 5) is 13.9. The topological polar surface area (TPSA) is 46.3 Å². The second-order valence-electron chi connectivity index (χ2n) is 5.20. The molecule has 1 aromatic rings. The number of likely N-dealkylation sites (tertiary alicyclic amines) is 1. The number of amides is 1. The quantitative estimate of drug-likeness (QED) is 0.870. The van der Waals surface area contributed by atoms with Crippen LogP contribution in [0, 0.1) is 5.82 Å². The molecule has 3 rings (SSSR count). The van der Waals surface area contributed by atoms with Crippen molar-refractivity contribution in [2.24, 2.45) is 5.73 Å². The summed E-state index contributed by atoms with van der Waals surface area (Å²) in [5.74, 6) is -0.147. The standard InChI is InChI=1S/C14H17FN2O/c15-11-4-2-1-3-10(11)14-12(16)7-8-13(18)17(14)9-5-6-9/h1-4,9,12,14H,5-8,16H2. The summed E-state index contributed by atoms with van der Waals surface area (Å²) in [6, 6.07) is 6.46. The lowest BCUT2D eigenvalue weighted by Crippen LogP contribution is -2.50. The zero-order chi connectivity index (χ0) is 12.7. The van der Waals surface area contributed by atoms with Gasteiger partial charge in [0.05, 0.1) is 6.04 Å². The molecule has 3 nitrogen and oxygen atoms in total. The maximum atomic E-state index is 13.9. The van der Waals surface area contributed by atoms with Crippen molar-refractivity contribution in [1.29, 1.82) is 0 Å². The number of piperidine rings is 1. The Bertz CT molecular complexity index is 473. The average Bonchev–Trinajstić information content (AvgIpc) is 3.17. The Balaban J connectivity index is 2.00. The van der Waals surface area contributed by atoms with Gasteiger partial charge >= 0.3 is 0 Å². The zero-order valence-corrected chi connectivity index (χ0v) is 10.2. The molecule has 1 amide bonds. The number of carbonyl (C=O) groups is 1. The van der Waals surface area contributed by atoms with Crippen molar-refractivity contribution in [3.63, 3.8) is 0 Å². The van der Waals surface area contributed by atoms with Gasteiger partial charge in [-0.3, -0.25) is 4.79 Å². The molecule has 1 heterocycles. The Kier molecular flexibility index (Phi) is 2.82. The summed E-state index contributed by atoms with van der Waals surface area (Å²) in [7, 11) is 0. The Morgan fingerprint density at radius 2 is 1.94 bits per heavy atom. The number of nitrogens with two attached hydrogens (primary N) is 1. The lowest BCUT2D eigenvalue weighted by atomic mass is 9.90. The lowest BCUT2D eigenvalue weighted by Gasteiger charge is -2.40. The van der Waals surface area contributed by atoms with Gasteiger partial charge in [-0.15, -0.1) is 0 Å². The van der Waals surface area contributed by atoms with E-state index < -0.39 is 0 Å². The molecule has 0 spiro atoms. The van der Waals surface area contributed by atoms with Gasteiger partial charge in [0.15, 0.2) is 0 Å². The van der Waals surface area contributed by atoms with E-state index in [2.05, 4.69) is 0 Å². The third kappa shape index (κ3) is 1.90. The Morgan fingerprint density at radius 1 is 1.22 bits per heavy atom. The first-order valence-electron chi connectivity index (χ1n) is 6.49. The third-order valence-electron chi connectivity index (χ3n) is 3.85. The van der Waals surface area contributed by atoms with Crippen LogP contribution in [0.4, 0.5) is 4.39 Å². The first kappa shape index (κ1) is 11.7. The van der Waals surface area contributed by atoms with Crippen LogP contribution in [0.5, 0.6) is 0 Å². The van der Waals surface area contributed by atoms with Gasteiger partial charge in [-0.2, -0.15) is 0 Å². The van der Waals surface area contributed by atoms with E-state index in [9.17, 15) is 9.18 Å². The largest absolute Gasteiger partial charge is 0.331 e. The molecule has 2 fully saturated rings. The molecule has 1 saturated carbocycles. The summed E-state index contributed by atoms with van der Waals surface area (Å²) < 4.78 is 13.9. The normalized spacial score (nSPS) is 28.6. The molecule has 1 aromatic carbocycles. The number of hydrogen-bond acceptors (Lipinski definition) is 2. The molecular weight excluding hydrogens is 231 g/mol. The first-order chi connectivity index (χ1) is 8.68. The van der Waals surface area contributed by atoms with Gasteiger partial charge in [-0.25, -0.2) is 4.39 Å². The minimum Gasteiger partial charge on any atom is -0.331 e. The van der Waals surface area contributed by atoms with Gasteiger partial charge in [-0.1, -0.05) is 18.2 Å². The van der Waals surface area contributed by atoms with Crippen molar-refractivity contribution in [1.82, 2.24) is 4.90 Å². The van der Waals surface area contributed by atoms with E-state index in [1.165, 1.54) is 6.07 Å². The second kappa shape index (κ2) is 4.35. The molecule has 18 heavy (non-hydrogen) atoms. The van der Waals surface area contributed by atoms with Gasteiger partial charge in [0, 0.05) is 24.1 Å². The number of halogens is 1. The van der Waals surface area contributed by atoms with Crippen LogP contribution in [0.2, 0.25) is 0 Å². The highest BCUT2D eigenvalue weighted by Crippen LogP contribution is 2.40. The Morgan fingerprint density at radius 3 is 2.61 bits per heavy atom. The molecular formula is C14H17FN2O. The summed E-state index contributed by atoms with van der Waals surface area (Å²) >= 11 is 0. The molecule has 2 atom stereocenters. The van der Waals surface area contributed by atoms with Gasteiger partial charge in [0.25, 0.3) is 0 Å². The van der Waals surface area contributed by atoms with Crippen molar-refractivity contribution < 1.29 is 9.18 Å². The molecule has 2 unspecified atom stereocenters. The zero-order valence-electron chi connectivity index (χ0n) is 10.2. The van der Waals surface area contributed by atoms with Crippen molar-refractivity contribution in [2.75, 3.05) is 0 Å². The fraction of sp³-hybridized carbons (Fsp3) is 0.500. The minimum absolute atomic E-state index is 0.118. The Labute approximate surface area is 106 Å². The lowest BCUT2D eigenvalue weighted by molar-refractivity contribution is -0.138. The van der Waals surface area contributed by atoms with Crippen molar-refractivity contribution in [2.45, 2.75) is 43.8 Å². The van der Waals surface area contributed by atoms with Crippen LogP contribution in [0.25, 0.3) is 0 Å². The monoisotopic (exact) mass is 248 g/mol. The highest BCUT2D eigenvalue weighted by Gasteiger charge is 2.43. The van der Waals surface area contributed by atoms with Crippen LogP contribution >= 0.6 is 0 Å². The number of nitrogens with zero attached hydrogens (tertiary/aromatic N) is 1. The van der Waals surface area contributed by atoms with Gasteiger partial charge in [-0.05, 0) is 25.3 Å². The van der Waals surface area contributed by atoms with E-state index >= 15 is 0 Å². The minimum atomic E-state index is -0.292. The van der Waals surface area contributed by atoms with Crippen molar-refractivity contribution in [3.8, 4) is 0 Å². The van der Waals surface area contributed by atoms with Gasteiger partial charge in [0.2, 0.25) is 5.91 Å². The van der Waals surface area contributed by atoms with E-state index in [1.54, 1.807) is 18.2 Å². The van der Waals surface area contributed by atoms with Gasteiger partial charge in [0.1, 0.15) is 5.82 Å². The number of carbonyl (C=O) groups excluding carboxylic acids is 1. The number of rotatable bonds is 2. The maximum absolute atomic E-state index is 13.9. The summed E-state index contributed by atoms with van der Waals surface area (Å²) in [5, 5.41) is 0. The van der Waals surface area contributed by atoms with Crippen LogP contribution in [-0.4, -0.2) is 22.9 Å². The summed E-state index contributed by atoms with van der Waals surface area (Å²) in [6.07, 6.45) is 3.16. The van der Waals surface area contributed by atoms with Gasteiger partial charge < -0.3 is 10.6 Å². The number of benzene rings is 1. The van der Waals surface area contributed by atoms with E-state index in [0.29, 0.717) is 18.4 Å². The van der Waals surface area contributed by atoms with E-state index in [4.69, 9.17) is 5.73 Å². The highest BCUT2D eigenvalue weighted by molar-refractivity contribution is 5.78. The summed E-state index contributed by atoms with van der Waals surface area (Å²) in [6.45, 7) is 0. The SMILES string of the molecule is NC1CCC(=O)N(C2CC2)C1c1ccccc1F. The van der Waals surface area contributed by atoms with Crippen LogP contribution in [0.15, 0.2) is 24.3 Å². The molecule has 2 N–H and O–H groups in total. The highest BCUT2D eigenvalue weighted by atomic mass is 19.1. The summed E-state index contributed by atoms with van der Waals surface area (Å²) in [5.41, 5.74) is 6.70. The molecule has 96 valence electrons. The predicted octanol–water partition coefficient (Wildman–Crippen LogP) is 1.98. The van der Waals surface area contributed by atoms with Crippen LogP contribution in [0.3, 0.4) is 0 Å². The van der Waals surface area contributed by atoms with E-state index in [0.717, 1.165) is 12.8 Å². The van der Waals surface area contributed by atoms with Crippen LogP contribution in [-0.2, 0) is 4.79 Å². The molecule has 4 heteroatoms. The van der Waals surface area contributed by atoms with Crippen LogP contribution < -0.4 is 5.73 Å². The second-order valence-corrected chi connectivity index (χ2v) is 5.20. The van der Waals surface area contributed by atoms with Crippen molar-refractivity contribution >= 4 is 5.91 Å². The smallest absolute Gasteiger partial charge is 0.223 e. The van der Waals surface area contributed by atoms with E-state index in [-0.39, 0.29) is 29.8 Å². The third-order valence-corrected chi connectivity index (χ3v) is 3.85. The number of hydrogen-bond donors (Lipinski definition) is 1. The molecule has 1 aliphatic carbocycles. The maximum Gasteiger partial charge on any atom is 0.223 e. The first-order valence-corrected chi connectivity index (χ1v) is 6.49. The molecule has 1 aliphatic heterocycles. The molecule has 0 radical (unpaired) electrons. The predicted molar refractivity (Wildman–Crippen MR) is 66.2 cm³/mol. The molecule has 0 bridgehead atoms. The average molecular weight is 248 g/mol. The van der Waals surface area contributed by atoms with Crippen molar-refractivity contribution in [3.05, 3.63) is 35.6 Å². The molecule has 2 aliphatic rings. The fourth-order valence-corrected chi connectivity index (χ4v) is 2.82. The Hall–Kier alpha value is -1.42. The fourth-order valence-electron chi connectivity index (χ4n) is 2.82. The molecule has 1 saturated heterocycles. The van der Waals surface area contributed by atoms with Crippen LogP contribution in [0.1, 0.15) is 37.3 Å².